The van der Waals surface area contributed by atoms with Gasteiger partial charge in [0.15, 0.2) is 0 Å². The molecule has 0 fully saturated rings. The van der Waals surface area contributed by atoms with Gasteiger partial charge in [-0.15, -0.1) is 0 Å². The van der Waals surface area contributed by atoms with Gasteiger partial charge in [-0.3, -0.25) is 0 Å². The Morgan fingerprint density at radius 3 is 1.88 bits per heavy atom. The Bertz CT molecular complexity index is 1540. The zero-order valence-electron chi connectivity index (χ0n) is 23.6. The van der Waals surface area contributed by atoms with Crippen molar-refractivity contribution in [3.8, 4) is 11.1 Å². The van der Waals surface area contributed by atoms with E-state index in [0.29, 0.717) is 15.5 Å². The van der Waals surface area contributed by atoms with Crippen LogP contribution in [0.3, 0.4) is 0 Å². The summed E-state index contributed by atoms with van der Waals surface area (Å²) in [5, 5.41) is 0. The molecular formula is C37H35Cl2Zr. The molecular weight excluding hydrogens is 607 g/mol. The molecule has 0 radical (unpaired) electrons. The summed E-state index contributed by atoms with van der Waals surface area (Å²) in [5.41, 5.74) is 15.1. The van der Waals surface area contributed by atoms with Crippen molar-refractivity contribution in [2.45, 2.75) is 49.6 Å². The molecule has 6 rings (SSSR count). The van der Waals surface area contributed by atoms with Crippen LogP contribution in [-0.4, -0.2) is 3.21 Å². The second-order valence-electron chi connectivity index (χ2n) is 11.1. The summed E-state index contributed by atoms with van der Waals surface area (Å²) in [6.45, 7) is 9.51. The second kappa shape index (κ2) is 13.1. The zero-order chi connectivity index (χ0) is 26.2. The molecule has 4 aromatic carbocycles. The average Bonchev–Trinajstić information content (AvgIpc) is 3.59. The van der Waals surface area contributed by atoms with Crippen LogP contribution < -0.4 is 24.8 Å². The van der Waals surface area contributed by atoms with E-state index in [0.717, 1.165) is 6.42 Å². The fourth-order valence-corrected chi connectivity index (χ4v) is 10.7. The monoisotopic (exact) mass is 639 g/mol. The van der Waals surface area contributed by atoms with Gasteiger partial charge in [0.1, 0.15) is 0 Å². The minimum Gasteiger partial charge on any atom is -1.00 e. The number of halogens is 2. The Morgan fingerprint density at radius 2 is 1.32 bits per heavy atom. The van der Waals surface area contributed by atoms with Gasteiger partial charge < -0.3 is 24.8 Å². The number of hydrogen-bond acceptors (Lipinski definition) is 0. The molecule has 0 aliphatic heterocycles. The molecule has 3 heteroatoms. The van der Waals surface area contributed by atoms with Gasteiger partial charge in [0, 0.05) is 0 Å². The predicted molar refractivity (Wildman–Crippen MR) is 160 cm³/mol. The van der Waals surface area contributed by atoms with Crippen LogP contribution in [0.25, 0.3) is 16.7 Å². The molecule has 0 saturated carbocycles. The normalized spacial score (nSPS) is 14.7. The van der Waals surface area contributed by atoms with Gasteiger partial charge in [-0.1, -0.05) is 0 Å². The number of fused-ring (bicyclic) bond motifs is 3. The van der Waals surface area contributed by atoms with Gasteiger partial charge in [0.05, 0.1) is 0 Å². The fraction of sp³-hybridized carbons (Fsp3) is 0.216. The first-order chi connectivity index (χ1) is 18.5. The molecule has 0 saturated heterocycles. The maximum Gasteiger partial charge on any atom is -1.00 e. The minimum absolute atomic E-state index is 0. The van der Waals surface area contributed by atoms with Crippen molar-refractivity contribution in [1.29, 1.82) is 0 Å². The Kier molecular flexibility index (Phi) is 10.1. The maximum absolute atomic E-state index is 2.58. The van der Waals surface area contributed by atoms with E-state index < -0.39 is 22.8 Å². The maximum atomic E-state index is 2.58. The van der Waals surface area contributed by atoms with Gasteiger partial charge in [-0.2, -0.15) is 0 Å². The minimum atomic E-state index is -1.15. The van der Waals surface area contributed by atoms with E-state index in [2.05, 4.69) is 137 Å². The molecule has 0 bridgehead atoms. The van der Waals surface area contributed by atoms with Gasteiger partial charge in [0.2, 0.25) is 0 Å². The summed E-state index contributed by atoms with van der Waals surface area (Å²) in [5.74, 6) is 0.975. The Hall–Kier alpha value is -2.31. The first-order valence-corrected chi connectivity index (χ1v) is 16.6. The van der Waals surface area contributed by atoms with E-state index in [4.69, 9.17) is 0 Å². The van der Waals surface area contributed by atoms with Gasteiger partial charge in [-0.25, -0.2) is 0 Å². The molecule has 4 aromatic rings. The molecule has 201 valence electrons. The van der Waals surface area contributed by atoms with Crippen LogP contribution in [0.2, 0.25) is 0 Å². The number of benzene rings is 4. The van der Waals surface area contributed by atoms with Crippen LogP contribution in [0, 0.1) is 0 Å². The van der Waals surface area contributed by atoms with Crippen molar-refractivity contribution in [2.75, 3.05) is 0 Å². The summed E-state index contributed by atoms with van der Waals surface area (Å²) in [7, 11) is 0. The molecule has 40 heavy (non-hydrogen) atoms. The average molecular weight is 642 g/mol. The van der Waals surface area contributed by atoms with Gasteiger partial charge >= 0.3 is 240 Å². The summed E-state index contributed by atoms with van der Waals surface area (Å²) in [6.07, 6.45) is 7.96. The van der Waals surface area contributed by atoms with E-state index in [-0.39, 0.29) is 24.8 Å². The van der Waals surface area contributed by atoms with Gasteiger partial charge in [0.25, 0.3) is 0 Å². The fourth-order valence-electron chi connectivity index (χ4n) is 6.31. The van der Waals surface area contributed by atoms with Crippen LogP contribution in [0.4, 0.5) is 0 Å². The Balaban J connectivity index is 0.00000185. The van der Waals surface area contributed by atoms with Crippen LogP contribution in [0.5, 0.6) is 0 Å². The predicted octanol–water partition coefficient (Wildman–Crippen LogP) is 3.71. The zero-order valence-corrected chi connectivity index (χ0v) is 27.6. The summed E-state index contributed by atoms with van der Waals surface area (Å²) in [4.78, 5) is 0. The van der Waals surface area contributed by atoms with Gasteiger partial charge in [-0.05, 0) is 0 Å². The third kappa shape index (κ3) is 5.59. The Morgan fingerprint density at radius 1 is 0.725 bits per heavy atom. The first-order valence-electron chi connectivity index (χ1n) is 13.9. The molecule has 0 amide bonds. The van der Waals surface area contributed by atoms with Crippen LogP contribution in [0.15, 0.2) is 109 Å². The second-order valence-corrected chi connectivity index (χ2v) is 14.5. The van der Waals surface area contributed by atoms with E-state index in [9.17, 15) is 0 Å². The van der Waals surface area contributed by atoms with E-state index in [1.807, 2.05) is 0 Å². The molecule has 0 spiro atoms. The molecule has 2 aliphatic carbocycles. The smallest absolute Gasteiger partial charge is 1.00 e. The quantitative estimate of drug-likeness (QED) is 0.302. The molecule has 2 aliphatic rings. The van der Waals surface area contributed by atoms with Crippen LogP contribution in [0.1, 0.15) is 88.5 Å². The van der Waals surface area contributed by atoms with Crippen molar-refractivity contribution >= 4 is 8.78 Å². The van der Waals surface area contributed by atoms with Crippen LogP contribution in [-0.2, 0) is 22.8 Å². The van der Waals surface area contributed by atoms with E-state index in [1.54, 1.807) is 25.5 Å². The molecule has 0 N–H and O–H groups in total. The van der Waals surface area contributed by atoms with E-state index >= 15 is 0 Å². The number of allylic oxidation sites excluding steroid dienone is 4. The third-order valence-electron chi connectivity index (χ3n) is 8.00. The molecule has 1 atom stereocenters. The Labute approximate surface area is 263 Å². The summed E-state index contributed by atoms with van der Waals surface area (Å²) in [6, 6.07) is 34.2. The van der Waals surface area contributed by atoms with Crippen LogP contribution >= 0.6 is 0 Å². The summed E-state index contributed by atoms with van der Waals surface area (Å²) < 4.78 is 2.07. The molecule has 1 unspecified atom stereocenters. The van der Waals surface area contributed by atoms with Crippen molar-refractivity contribution in [3.05, 3.63) is 148 Å². The van der Waals surface area contributed by atoms with Crippen molar-refractivity contribution in [1.82, 2.24) is 0 Å². The SMILES string of the molecule is CC(C)c1cc(C2=CC=CC2)c2c(c1C(C)C)-c1ccccc1[CH]2[Zr+2]=[C](c1ccccc1)c1ccccc1.[Cl-].[Cl-]. The molecule has 0 aromatic heterocycles. The molecule has 0 heterocycles. The topological polar surface area (TPSA) is 0 Å². The largest absolute Gasteiger partial charge is 1.00 e. The van der Waals surface area contributed by atoms with Crippen molar-refractivity contribution in [3.63, 3.8) is 0 Å². The molecule has 0 nitrogen and oxygen atoms in total. The summed E-state index contributed by atoms with van der Waals surface area (Å²) >= 11 is -1.15. The number of rotatable bonds is 6. The third-order valence-corrected chi connectivity index (χ3v) is 12.3. The van der Waals surface area contributed by atoms with Crippen molar-refractivity contribution in [2.24, 2.45) is 0 Å². The number of hydrogen-bond donors (Lipinski definition) is 0. The first kappa shape index (κ1) is 30.6. The van der Waals surface area contributed by atoms with Crippen molar-refractivity contribution < 1.29 is 47.6 Å². The standard InChI is InChI=1S/C24H25.C13H10.2ClH.Zr/c1-15(2)20-14-21(17-9-5-6-10-17)22-13-18-11-7-8-12-19(18)24(22)23(20)16(3)4;1-3-7-12(8-4-1)11-13-9-5-2-6-10-13;;;/h5-9,11-16H,10H2,1-4H3;1-10H;2*1H;/q;;;;+2/p-2. The van der Waals surface area contributed by atoms with E-state index in [1.165, 1.54) is 33.4 Å².